The van der Waals surface area contributed by atoms with Crippen LogP contribution >= 0.6 is 0 Å². The highest BCUT2D eigenvalue weighted by molar-refractivity contribution is 5.90. The van der Waals surface area contributed by atoms with Gasteiger partial charge in [0.1, 0.15) is 0 Å². The summed E-state index contributed by atoms with van der Waals surface area (Å²) in [5, 5.41) is 21.2. The molecule has 2 aromatic carbocycles. The Morgan fingerprint density at radius 2 is 1.79 bits per heavy atom. The lowest BCUT2D eigenvalue weighted by Gasteiger charge is -2.28. The molecule has 8 heteroatoms. The highest BCUT2D eigenvalue weighted by Crippen LogP contribution is 2.56. The number of nitrogens with one attached hydrogen (secondary N) is 1. The number of alkyl halides is 3. The summed E-state index contributed by atoms with van der Waals surface area (Å²) < 4.78 is 41.7. The van der Waals surface area contributed by atoms with Crippen molar-refractivity contribution in [2.45, 2.75) is 18.2 Å². The first-order chi connectivity index (χ1) is 13.2. The molecule has 4 rings (SSSR count). The maximum Gasteiger partial charge on any atom is 0.425 e. The molecule has 0 bridgehead atoms. The van der Waals surface area contributed by atoms with E-state index in [1.165, 1.54) is 24.3 Å². The Morgan fingerprint density at radius 3 is 2.50 bits per heavy atom. The van der Waals surface area contributed by atoms with E-state index in [0.717, 1.165) is 5.57 Å². The van der Waals surface area contributed by atoms with Gasteiger partial charge in [-0.05, 0) is 22.3 Å². The molecule has 1 atom stereocenters. The number of carboxylic acid groups (broad SMARTS) is 1. The Morgan fingerprint density at radius 1 is 1.11 bits per heavy atom. The fourth-order valence-electron chi connectivity index (χ4n) is 3.87. The van der Waals surface area contributed by atoms with E-state index in [1.54, 1.807) is 29.4 Å². The van der Waals surface area contributed by atoms with E-state index >= 15 is 0 Å². The van der Waals surface area contributed by atoms with E-state index < -0.39 is 17.7 Å². The van der Waals surface area contributed by atoms with Crippen molar-refractivity contribution in [1.29, 1.82) is 0 Å². The number of fused-ring (bicyclic) bond motifs is 3. The Bertz CT molecular complexity index is 987. The lowest BCUT2D eigenvalue weighted by atomic mass is 9.89. The van der Waals surface area contributed by atoms with Gasteiger partial charge in [-0.3, -0.25) is 4.79 Å². The Kier molecular flexibility index (Phi) is 4.20. The second-order valence-corrected chi connectivity index (χ2v) is 6.81. The predicted octanol–water partition coefficient (Wildman–Crippen LogP) is 3.10. The smallest absolute Gasteiger partial charge is 0.425 e. The van der Waals surface area contributed by atoms with E-state index in [4.69, 9.17) is 5.11 Å². The number of aliphatic hydroxyl groups is 1. The van der Waals surface area contributed by atoms with Gasteiger partial charge < -0.3 is 15.2 Å². The van der Waals surface area contributed by atoms with E-state index in [1.807, 2.05) is 0 Å². The number of aliphatic carboxylic acids is 1. The van der Waals surface area contributed by atoms with E-state index in [0.29, 0.717) is 23.2 Å². The topological polar surface area (TPSA) is 72.8 Å². The molecule has 3 N–H and O–H groups in total. The third-order valence-corrected chi connectivity index (χ3v) is 5.15. The minimum Gasteiger partial charge on any atom is -0.481 e. The predicted molar refractivity (Wildman–Crippen MR) is 95.9 cm³/mol. The summed E-state index contributed by atoms with van der Waals surface area (Å²) >= 11 is 0. The van der Waals surface area contributed by atoms with Gasteiger partial charge in [-0.2, -0.15) is 13.2 Å². The highest BCUT2D eigenvalue weighted by Gasteiger charge is 2.61. The molecule has 1 aliphatic heterocycles. The first-order valence-corrected chi connectivity index (χ1v) is 8.69. The molecule has 0 spiro atoms. The molecule has 28 heavy (non-hydrogen) atoms. The third kappa shape index (κ3) is 2.68. The number of halogens is 3. The largest absolute Gasteiger partial charge is 0.481 e. The first-order valence-electron chi connectivity index (χ1n) is 8.69. The van der Waals surface area contributed by atoms with Crippen LogP contribution < -0.4 is 5.43 Å². The number of carboxylic acids is 1. The average Bonchev–Trinajstić information content (AvgIpc) is 3.22. The SMILES string of the molecule is O=C(O)CCN1C=C(c2cccc3c2-c2ccccc2C3(O)C(F)(F)F)CN1. The van der Waals surface area contributed by atoms with Crippen LogP contribution in [0, 0.1) is 0 Å². The van der Waals surface area contributed by atoms with Gasteiger partial charge in [0, 0.05) is 30.4 Å². The van der Waals surface area contributed by atoms with Crippen molar-refractivity contribution in [1.82, 2.24) is 10.4 Å². The number of benzene rings is 2. The van der Waals surface area contributed by atoms with Crippen LogP contribution in [0.15, 0.2) is 48.7 Å². The van der Waals surface area contributed by atoms with E-state index in [2.05, 4.69) is 5.43 Å². The van der Waals surface area contributed by atoms with Crippen LogP contribution in [-0.4, -0.2) is 40.5 Å². The molecule has 2 aliphatic rings. The van der Waals surface area contributed by atoms with Crippen molar-refractivity contribution in [2.75, 3.05) is 13.1 Å². The van der Waals surface area contributed by atoms with Crippen molar-refractivity contribution in [3.63, 3.8) is 0 Å². The Balaban J connectivity index is 1.84. The van der Waals surface area contributed by atoms with E-state index in [9.17, 15) is 23.1 Å². The molecule has 0 saturated heterocycles. The second kappa shape index (κ2) is 6.35. The van der Waals surface area contributed by atoms with Crippen LogP contribution in [0.3, 0.4) is 0 Å². The number of rotatable bonds is 4. The number of hydrogen-bond donors (Lipinski definition) is 3. The molecule has 0 saturated carbocycles. The van der Waals surface area contributed by atoms with Crippen LogP contribution in [0.1, 0.15) is 23.1 Å². The molecule has 0 aromatic heterocycles. The molecule has 5 nitrogen and oxygen atoms in total. The zero-order valence-corrected chi connectivity index (χ0v) is 14.6. The highest BCUT2D eigenvalue weighted by atomic mass is 19.4. The van der Waals surface area contributed by atoms with Crippen molar-refractivity contribution in [3.05, 3.63) is 65.4 Å². The minimum absolute atomic E-state index is 0.0691. The molecular formula is C20H17F3N2O3. The molecule has 0 fully saturated rings. The van der Waals surface area contributed by atoms with Gasteiger partial charge in [0.15, 0.2) is 0 Å². The lowest BCUT2D eigenvalue weighted by Crippen LogP contribution is -2.41. The van der Waals surface area contributed by atoms with Crippen LogP contribution in [0.25, 0.3) is 16.7 Å². The molecule has 0 radical (unpaired) electrons. The summed E-state index contributed by atoms with van der Waals surface area (Å²) in [7, 11) is 0. The summed E-state index contributed by atoms with van der Waals surface area (Å²) in [6, 6.07) is 10.5. The molecule has 1 heterocycles. The fraction of sp³-hybridized carbons (Fsp3) is 0.250. The minimum atomic E-state index is -4.87. The summed E-state index contributed by atoms with van der Waals surface area (Å²) in [6.07, 6.45) is -3.24. The Labute approximate surface area is 158 Å². The standard InChI is InChI=1S/C20H17F3N2O3/c21-20(22,23)19(28)15-6-2-1-4-14(15)18-13(5-3-7-16(18)19)12-10-24-25(11-12)9-8-17(26)27/h1-7,11,24,28H,8-10H2,(H,26,27). The van der Waals surface area contributed by atoms with Crippen LogP contribution in [0.4, 0.5) is 13.2 Å². The monoisotopic (exact) mass is 390 g/mol. The quantitative estimate of drug-likeness (QED) is 0.748. The molecule has 146 valence electrons. The maximum atomic E-state index is 13.9. The lowest BCUT2D eigenvalue weighted by molar-refractivity contribution is -0.246. The van der Waals surface area contributed by atoms with Crippen molar-refractivity contribution >= 4 is 11.5 Å². The van der Waals surface area contributed by atoms with Crippen molar-refractivity contribution in [3.8, 4) is 11.1 Å². The fourth-order valence-corrected chi connectivity index (χ4v) is 3.87. The van der Waals surface area contributed by atoms with Gasteiger partial charge >= 0.3 is 12.1 Å². The van der Waals surface area contributed by atoms with Gasteiger partial charge in [-0.1, -0.05) is 42.5 Å². The van der Waals surface area contributed by atoms with Gasteiger partial charge in [-0.15, -0.1) is 0 Å². The van der Waals surface area contributed by atoms with Crippen LogP contribution in [0.2, 0.25) is 0 Å². The summed E-state index contributed by atoms with van der Waals surface area (Å²) in [5.74, 6) is -0.937. The third-order valence-electron chi connectivity index (χ3n) is 5.15. The molecular weight excluding hydrogens is 373 g/mol. The zero-order chi connectivity index (χ0) is 20.1. The number of carbonyl (C=O) groups is 1. The first kappa shape index (κ1) is 18.5. The summed E-state index contributed by atoms with van der Waals surface area (Å²) in [4.78, 5) is 10.8. The van der Waals surface area contributed by atoms with Gasteiger partial charge in [-0.25, -0.2) is 5.43 Å². The van der Waals surface area contributed by atoms with Gasteiger partial charge in [0.25, 0.3) is 0 Å². The molecule has 1 unspecified atom stereocenters. The second-order valence-electron chi connectivity index (χ2n) is 6.81. The zero-order valence-electron chi connectivity index (χ0n) is 14.6. The average molecular weight is 390 g/mol. The van der Waals surface area contributed by atoms with Crippen molar-refractivity contribution < 1.29 is 28.2 Å². The van der Waals surface area contributed by atoms with Crippen molar-refractivity contribution in [2.24, 2.45) is 0 Å². The van der Waals surface area contributed by atoms with Crippen LogP contribution in [-0.2, 0) is 10.4 Å². The molecule has 0 amide bonds. The number of nitrogens with zero attached hydrogens (tertiary/aromatic N) is 1. The number of hydrogen-bond acceptors (Lipinski definition) is 4. The normalized spacial score (nSPS) is 20.7. The molecule has 2 aromatic rings. The van der Waals surface area contributed by atoms with Gasteiger partial charge in [0.05, 0.1) is 6.42 Å². The van der Waals surface area contributed by atoms with Gasteiger partial charge in [0.2, 0.25) is 5.60 Å². The maximum absolute atomic E-state index is 13.9. The molecule has 1 aliphatic carbocycles. The summed E-state index contributed by atoms with van der Waals surface area (Å²) in [6.45, 7) is 0.583. The summed E-state index contributed by atoms with van der Waals surface area (Å²) in [5.41, 5.74) is 1.58. The Hall–Kier alpha value is -2.84. The van der Waals surface area contributed by atoms with E-state index in [-0.39, 0.29) is 24.1 Å². The van der Waals surface area contributed by atoms with Crippen LogP contribution in [0.5, 0.6) is 0 Å². The number of hydrazine groups is 1.